The van der Waals surface area contributed by atoms with E-state index in [0.717, 1.165) is 12.1 Å². The molecule has 0 spiro atoms. The lowest BCUT2D eigenvalue weighted by atomic mass is 9.91. The number of primary amides is 1. The predicted molar refractivity (Wildman–Crippen MR) is 106 cm³/mol. The van der Waals surface area contributed by atoms with Gasteiger partial charge in [0.1, 0.15) is 5.82 Å². The van der Waals surface area contributed by atoms with Gasteiger partial charge < -0.3 is 10.8 Å². The third-order valence-corrected chi connectivity index (χ3v) is 5.27. The van der Waals surface area contributed by atoms with Gasteiger partial charge in [-0.05, 0) is 43.2 Å². The van der Waals surface area contributed by atoms with Crippen molar-refractivity contribution in [2.24, 2.45) is 5.73 Å². The molecule has 3 N–H and O–H groups in total. The number of carbonyl (C=O) groups excluding carboxylic acids is 2. The zero-order chi connectivity index (χ0) is 21.5. The number of benzene rings is 2. The van der Waals surface area contributed by atoms with E-state index < -0.39 is 35.1 Å². The molecule has 1 unspecified atom stereocenters. The van der Waals surface area contributed by atoms with Gasteiger partial charge in [-0.2, -0.15) is 0 Å². The number of amides is 1. The minimum Gasteiger partial charge on any atom is -0.505 e. The Balaban J connectivity index is 2.33. The Labute approximate surface area is 170 Å². The summed E-state index contributed by atoms with van der Waals surface area (Å²) < 4.78 is 29.2. The molecular formula is C21H19ClF2N2O3. The van der Waals surface area contributed by atoms with Crippen molar-refractivity contribution in [3.8, 4) is 5.75 Å². The van der Waals surface area contributed by atoms with Crippen LogP contribution in [0.5, 0.6) is 5.75 Å². The molecule has 2 aromatic carbocycles. The summed E-state index contributed by atoms with van der Waals surface area (Å²) in [4.78, 5) is 25.3. The topological polar surface area (TPSA) is 85.3 Å². The minimum atomic E-state index is -0.927. The van der Waals surface area contributed by atoms with Crippen molar-refractivity contribution >= 4 is 34.3 Å². The number of phenols is 1. The first-order valence-electron chi connectivity index (χ1n) is 8.99. The molecule has 3 rings (SSSR count). The molecule has 0 fully saturated rings. The van der Waals surface area contributed by atoms with Gasteiger partial charge in [-0.3, -0.25) is 14.2 Å². The van der Waals surface area contributed by atoms with Crippen LogP contribution in [-0.2, 0) is 4.79 Å². The molecule has 1 atom stereocenters. The lowest BCUT2D eigenvalue weighted by molar-refractivity contribution is -0.119. The van der Waals surface area contributed by atoms with Crippen molar-refractivity contribution in [1.29, 1.82) is 0 Å². The van der Waals surface area contributed by atoms with Crippen molar-refractivity contribution in [3.05, 3.63) is 63.8 Å². The summed E-state index contributed by atoms with van der Waals surface area (Å²) in [5.74, 6) is -4.26. The maximum Gasteiger partial charge on any atom is 0.262 e. The van der Waals surface area contributed by atoms with Crippen LogP contribution >= 0.6 is 11.6 Å². The Bertz CT molecular complexity index is 1140. The fraction of sp³-hybridized carbons (Fsp3) is 0.238. The highest BCUT2D eigenvalue weighted by molar-refractivity contribution is 6.30. The van der Waals surface area contributed by atoms with Crippen molar-refractivity contribution in [1.82, 2.24) is 4.57 Å². The van der Waals surface area contributed by atoms with E-state index in [0.29, 0.717) is 29.5 Å². The molecule has 0 radical (unpaired) electrons. The monoisotopic (exact) mass is 420 g/mol. The Morgan fingerprint density at radius 2 is 1.90 bits per heavy atom. The molecule has 152 valence electrons. The molecule has 1 aromatic heterocycles. The molecule has 0 aliphatic rings. The van der Waals surface area contributed by atoms with Crippen LogP contribution in [0.15, 0.2) is 30.3 Å². The van der Waals surface area contributed by atoms with E-state index in [1.807, 2.05) is 6.92 Å². The summed E-state index contributed by atoms with van der Waals surface area (Å²) in [6, 6.07) is 5.78. The fourth-order valence-electron chi connectivity index (χ4n) is 3.63. The number of carbonyl (C=O) groups is 2. The van der Waals surface area contributed by atoms with Gasteiger partial charge in [0.05, 0.1) is 16.5 Å². The summed E-state index contributed by atoms with van der Waals surface area (Å²) in [5, 5.41) is 10.1. The Kier molecular flexibility index (Phi) is 5.61. The summed E-state index contributed by atoms with van der Waals surface area (Å²) >= 11 is 5.69. The molecule has 3 aromatic rings. The Morgan fingerprint density at radius 1 is 1.21 bits per heavy atom. The van der Waals surface area contributed by atoms with Gasteiger partial charge in [0.2, 0.25) is 5.91 Å². The van der Waals surface area contributed by atoms with Crippen LogP contribution in [-0.4, -0.2) is 21.5 Å². The number of fused-ring (bicyclic) bond motifs is 1. The van der Waals surface area contributed by atoms with Crippen LogP contribution in [0.3, 0.4) is 0 Å². The third-order valence-electron chi connectivity index (χ3n) is 4.96. The number of aromatic nitrogens is 1. The molecule has 0 saturated heterocycles. The number of hydrogen-bond donors (Lipinski definition) is 2. The SMILES string of the molecule is CCCC(C(N)=O)c1c(C)n(C(=O)c2ccc(Cl)c(F)c2)c2cc(F)c(O)cc12. The maximum atomic E-state index is 14.1. The van der Waals surface area contributed by atoms with Crippen molar-refractivity contribution in [3.63, 3.8) is 0 Å². The van der Waals surface area contributed by atoms with Crippen LogP contribution in [0.4, 0.5) is 8.78 Å². The molecule has 29 heavy (non-hydrogen) atoms. The quantitative estimate of drug-likeness (QED) is 0.630. The van der Waals surface area contributed by atoms with Crippen LogP contribution in [0.2, 0.25) is 5.02 Å². The zero-order valence-corrected chi connectivity index (χ0v) is 16.6. The second-order valence-corrected chi connectivity index (χ2v) is 7.24. The molecule has 0 aliphatic heterocycles. The number of nitrogens with zero attached hydrogens (tertiary/aromatic N) is 1. The highest BCUT2D eigenvalue weighted by Crippen LogP contribution is 2.37. The van der Waals surface area contributed by atoms with E-state index in [1.165, 1.54) is 22.8 Å². The number of aromatic hydroxyl groups is 1. The number of rotatable bonds is 5. The van der Waals surface area contributed by atoms with E-state index in [-0.39, 0.29) is 16.1 Å². The second-order valence-electron chi connectivity index (χ2n) is 6.83. The van der Waals surface area contributed by atoms with Gasteiger partial charge >= 0.3 is 0 Å². The first-order chi connectivity index (χ1) is 13.7. The first-order valence-corrected chi connectivity index (χ1v) is 9.37. The second kappa shape index (κ2) is 7.83. The van der Waals surface area contributed by atoms with Gasteiger partial charge in [0, 0.05) is 22.7 Å². The van der Waals surface area contributed by atoms with Crippen LogP contribution in [0, 0.1) is 18.6 Å². The van der Waals surface area contributed by atoms with Crippen LogP contribution in [0.25, 0.3) is 10.9 Å². The summed E-state index contributed by atoms with van der Waals surface area (Å²) in [6.45, 7) is 3.48. The Morgan fingerprint density at radius 3 is 2.48 bits per heavy atom. The van der Waals surface area contributed by atoms with Crippen LogP contribution < -0.4 is 5.73 Å². The minimum absolute atomic E-state index is 0.00181. The predicted octanol–water partition coefficient (Wildman–Crippen LogP) is 4.64. The van der Waals surface area contributed by atoms with Crippen molar-refractivity contribution in [2.45, 2.75) is 32.6 Å². The molecule has 5 nitrogen and oxygen atoms in total. The molecule has 1 heterocycles. The van der Waals surface area contributed by atoms with Gasteiger partial charge in [-0.15, -0.1) is 0 Å². The zero-order valence-electron chi connectivity index (χ0n) is 15.8. The average molecular weight is 421 g/mol. The van der Waals surface area contributed by atoms with E-state index in [1.54, 1.807) is 6.92 Å². The maximum absolute atomic E-state index is 14.1. The smallest absolute Gasteiger partial charge is 0.262 e. The molecule has 0 bridgehead atoms. The van der Waals surface area contributed by atoms with Crippen LogP contribution in [0.1, 0.15) is 47.3 Å². The van der Waals surface area contributed by atoms with E-state index in [2.05, 4.69) is 0 Å². The Hall–Kier alpha value is -2.93. The molecule has 0 saturated carbocycles. The molecular weight excluding hydrogens is 402 g/mol. The molecule has 1 amide bonds. The average Bonchev–Trinajstić information content (AvgIpc) is 2.92. The van der Waals surface area contributed by atoms with Gasteiger partial charge in [0.25, 0.3) is 5.91 Å². The van der Waals surface area contributed by atoms with Gasteiger partial charge in [-0.1, -0.05) is 24.9 Å². The standard InChI is InChI=1S/C21H19ClF2N2O3/c1-3-4-12(20(25)28)19-10(2)26(17-9-16(24)18(27)8-13(17)19)21(29)11-5-6-14(22)15(23)7-11/h5-9,12,27H,3-4H2,1-2H3,(H2,25,28). The summed E-state index contributed by atoms with van der Waals surface area (Å²) in [6.07, 6.45) is 1.06. The third kappa shape index (κ3) is 3.58. The largest absolute Gasteiger partial charge is 0.505 e. The fourth-order valence-corrected chi connectivity index (χ4v) is 3.74. The number of hydrogen-bond acceptors (Lipinski definition) is 3. The lowest BCUT2D eigenvalue weighted by Gasteiger charge is -2.14. The number of halogens is 3. The van der Waals surface area contributed by atoms with Crippen molar-refractivity contribution < 1.29 is 23.5 Å². The van der Waals surface area contributed by atoms with Crippen molar-refractivity contribution in [2.75, 3.05) is 0 Å². The normalized spacial score (nSPS) is 12.3. The summed E-state index contributed by atoms with van der Waals surface area (Å²) in [7, 11) is 0. The highest BCUT2D eigenvalue weighted by atomic mass is 35.5. The van der Waals surface area contributed by atoms with Gasteiger partial charge in [0.15, 0.2) is 11.6 Å². The highest BCUT2D eigenvalue weighted by Gasteiger charge is 2.29. The number of nitrogens with two attached hydrogens (primary N) is 1. The first kappa shape index (κ1) is 20.8. The van der Waals surface area contributed by atoms with E-state index >= 15 is 0 Å². The lowest BCUT2D eigenvalue weighted by Crippen LogP contribution is -2.22. The van der Waals surface area contributed by atoms with E-state index in [9.17, 15) is 23.5 Å². The molecule has 0 aliphatic carbocycles. The molecule has 8 heteroatoms. The summed E-state index contributed by atoms with van der Waals surface area (Å²) in [5.41, 5.74) is 6.53. The van der Waals surface area contributed by atoms with Gasteiger partial charge in [-0.25, -0.2) is 8.78 Å². The van der Waals surface area contributed by atoms with E-state index in [4.69, 9.17) is 17.3 Å². The number of phenolic OH excluding ortho intramolecular Hbond substituents is 1.